The number of nitro groups is 1. The van der Waals surface area contributed by atoms with Crippen molar-refractivity contribution in [1.82, 2.24) is 9.96 Å². The van der Waals surface area contributed by atoms with Gasteiger partial charge in [0.15, 0.2) is 5.60 Å². The van der Waals surface area contributed by atoms with Gasteiger partial charge in [0, 0.05) is 36.1 Å². The zero-order chi connectivity index (χ0) is 34.6. The molecular formula is C36H52N3O7P. The average Bonchev–Trinajstić information content (AvgIpc) is 3.06. The van der Waals surface area contributed by atoms with Gasteiger partial charge < -0.3 is 14.0 Å². The summed E-state index contributed by atoms with van der Waals surface area (Å²) in [4.78, 5) is 34.5. The maximum atomic E-state index is 14.5. The number of hydroxylamine groups is 2. The predicted molar refractivity (Wildman–Crippen MR) is 186 cm³/mol. The summed E-state index contributed by atoms with van der Waals surface area (Å²) in [5.74, 6) is -0.650. The van der Waals surface area contributed by atoms with Gasteiger partial charge >= 0.3 is 5.97 Å². The Kier molecular flexibility index (Phi) is 14.9. The van der Waals surface area contributed by atoms with Crippen molar-refractivity contribution in [3.8, 4) is 0 Å². The van der Waals surface area contributed by atoms with Crippen molar-refractivity contribution in [3.05, 3.63) is 98.1 Å². The number of carbonyl (C=O) groups excluding carboxylic acids is 1. The Morgan fingerprint density at radius 1 is 0.979 bits per heavy atom. The fourth-order valence-electron chi connectivity index (χ4n) is 6.11. The topological polar surface area (TPSA) is 111 Å². The number of hydrogen-bond acceptors (Lipinski definition) is 9. The third kappa shape index (κ3) is 9.20. The van der Waals surface area contributed by atoms with E-state index >= 15 is 0 Å². The summed E-state index contributed by atoms with van der Waals surface area (Å²) in [6.45, 7) is 13.0. The summed E-state index contributed by atoms with van der Waals surface area (Å²) in [6, 6.07) is 16.1. The molecule has 4 unspecified atom stereocenters. The molecular weight excluding hydrogens is 617 g/mol. The highest BCUT2D eigenvalue weighted by atomic mass is 31.1. The maximum absolute atomic E-state index is 14.5. The van der Waals surface area contributed by atoms with Crippen LogP contribution in [0.1, 0.15) is 91.2 Å². The Bertz CT molecular complexity index is 1430. The molecule has 0 radical (unpaired) electrons. The lowest BCUT2D eigenvalue weighted by molar-refractivity contribution is -0.385. The molecule has 1 aliphatic heterocycles. The second-order valence-corrected chi connectivity index (χ2v) is 12.9. The van der Waals surface area contributed by atoms with Crippen molar-refractivity contribution in [2.24, 2.45) is 0 Å². The molecule has 2 aromatic carbocycles. The summed E-state index contributed by atoms with van der Waals surface area (Å²) in [5.41, 5.74) is 0.744. The van der Waals surface area contributed by atoms with E-state index in [9.17, 15) is 19.5 Å². The Morgan fingerprint density at radius 2 is 1.64 bits per heavy atom. The van der Waals surface area contributed by atoms with Crippen molar-refractivity contribution in [2.45, 2.75) is 104 Å². The van der Waals surface area contributed by atoms with Crippen LogP contribution in [0.2, 0.25) is 0 Å². The van der Waals surface area contributed by atoms with Crippen LogP contribution in [-0.2, 0) is 35.8 Å². The molecule has 47 heavy (non-hydrogen) atoms. The highest BCUT2D eigenvalue weighted by Crippen LogP contribution is 2.54. The van der Waals surface area contributed by atoms with Crippen molar-refractivity contribution >= 4 is 20.1 Å². The second-order valence-electron chi connectivity index (χ2n) is 12.1. The normalized spacial score (nSPS) is 18.3. The van der Waals surface area contributed by atoms with Gasteiger partial charge in [0.25, 0.3) is 5.69 Å². The minimum absolute atomic E-state index is 0.0899. The summed E-state index contributed by atoms with van der Waals surface area (Å²) in [6.07, 6.45) is 4.05. The van der Waals surface area contributed by atoms with Crippen LogP contribution in [0.5, 0.6) is 0 Å². The molecule has 0 amide bonds. The number of rotatable bonds is 19. The van der Waals surface area contributed by atoms with Gasteiger partial charge in [0.1, 0.15) is 6.61 Å². The van der Waals surface area contributed by atoms with Gasteiger partial charge in [-0.25, -0.2) is 9.86 Å². The molecule has 0 saturated heterocycles. The molecule has 0 saturated carbocycles. The van der Waals surface area contributed by atoms with E-state index in [0.29, 0.717) is 48.2 Å². The van der Waals surface area contributed by atoms with E-state index in [4.69, 9.17) is 14.3 Å². The van der Waals surface area contributed by atoms with E-state index in [1.54, 1.807) is 31.0 Å². The van der Waals surface area contributed by atoms with Crippen LogP contribution < -0.4 is 0 Å². The number of ether oxygens (including phenoxy) is 2. The molecule has 1 heterocycles. The smallest absolute Gasteiger partial charge is 0.339 e. The highest BCUT2D eigenvalue weighted by molar-refractivity contribution is 7.29. The fourth-order valence-corrected chi connectivity index (χ4v) is 6.95. The zero-order valence-corrected chi connectivity index (χ0v) is 30.1. The number of allylic oxidation sites excluding steroid dienone is 2. The number of hydrogen-bond donors (Lipinski definition) is 0. The summed E-state index contributed by atoms with van der Waals surface area (Å²) in [5, 5.41) is 13.9. The fraction of sp³-hybridized carbons (Fsp3) is 0.528. The van der Waals surface area contributed by atoms with Gasteiger partial charge in [-0.1, -0.05) is 83.0 Å². The van der Waals surface area contributed by atoms with E-state index in [1.165, 1.54) is 12.1 Å². The van der Waals surface area contributed by atoms with Crippen LogP contribution in [0.4, 0.5) is 5.69 Å². The van der Waals surface area contributed by atoms with Crippen molar-refractivity contribution in [3.63, 3.8) is 0 Å². The van der Waals surface area contributed by atoms with Crippen LogP contribution in [-0.4, -0.2) is 53.3 Å². The molecule has 4 atom stereocenters. The molecule has 0 spiro atoms. The van der Waals surface area contributed by atoms with Gasteiger partial charge in [-0.3, -0.25) is 19.9 Å². The zero-order valence-electron chi connectivity index (χ0n) is 29.0. The molecule has 0 aliphatic carbocycles. The third-order valence-electron chi connectivity index (χ3n) is 8.61. The number of nitro benzene ring substituents is 1. The maximum Gasteiger partial charge on any atom is 0.339 e. The molecule has 0 fully saturated rings. The largest absolute Gasteiger partial charge is 0.461 e. The summed E-state index contributed by atoms with van der Waals surface area (Å²) in [7, 11) is 0.287. The molecule has 0 bridgehead atoms. The van der Waals surface area contributed by atoms with E-state index in [1.807, 2.05) is 58.2 Å². The first-order valence-corrected chi connectivity index (χ1v) is 17.8. The number of carbonyl (C=O) groups is 1. The number of esters is 1. The molecule has 258 valence electrons. The monoisotopic (exact) mass is 669 g/mol. The Morgan fingerprint density at radius 3 is 2.23 bits per heavy atom. The third-order valence-corrected chi connectivity index (χ3v) is 9.67. The minimum atomic E-state index is -1.69. The molecule has 1 aliphatic rings. The first-order chi connectivity index (χ1) is 22.6. The van der Waals surface area contributed by atoms with Gasteiger partial charge in [0.05, 0.1) is 42.6 Å². The van der Waals surface area contributed by atoms with Gasteiger partial charge in [-0.05, 0) is 52.1 Å². The minimum Gasteiger partial charge on any atom is -0.461 e. The number of likely N-dealkylation sites (N-methyl/N-ethyl adjacent to an activating group) is 1. The van der Waals surface area contributed by atoms with E-state index in [0.717, 1.165) is 31.2 Å². The van der Waals surface area contributed by atoms with Gasteiger partial charge in [-0.2, -0.15) is 0 Å². The number of nitrogens with zero attached hydrogens (tertiary/aromatic N) is 3. The van der Waals surface area contributed by atoms with E-state index < -0.39 is 25.0 Å². The number of non-ortho nitro benzene ring substituents is 1. The lowest BCUT2D eigenvalue weighted by atomic mass is 9.80. The first-order valence-electron chi connectivity index (χ1n) is 16.7. The Labute approximate surface area is 281 Å². The summed E-state index contributed by atoms with van der Waals surface area (Å²) < 4.78 is 26.4. The van der Waals surface area contributed by atoms with Crippen LogP contribution in [0.25, 0.3) is 0 Å². The molecule has 0 aromatic heterocycles. The molecule has 11 heteroatoms. The molecule has 10 nitrogen and oxygen atoms in total. The van der Waals surface area contributed by atoms with Crippen molar-refractivity contribution in [1.29, 1.82) is 0 Å². The average molecular weight is 670 g/mol. The first kappa shape index (κ1) is 38.2. The lowest BCUT2D eigenvalue weighted by Gasteiger charge is -2.46. The van der Waals surface area contributed by atoms with Crippen molar-refractivity contribution in [2.75, 3.05) is 20.2 Å². The molecule has 3 rings (SSSR count). The quantitative estimate of drug-likeness (QED) is 0.0633. The second kappa shape index (κ2) is 18.3. The highest BCUT2D eigenvalue weighted by Gasteiger charge is 2.53. The predicted octanol–water partition coefficient (Wildman–Crippen LogP) is 8.15. The van der Waals surface area contributed by atoms with Gasteiger partial charge in [-0.15, -0.1) is 0 Å². The Hall–Kier alpha value is -3.30. The van der Waals surface area contributed by atoms with Crippen LogP contribution in [0.15, 0.2) is 76.9 Å². The number of benzene rings is 2. The molecule has 0 N–H and O–H groups in total. The van der Waals surface area contributed by atoms with E-state index in [2.05, 4.69) is 11.8 Å². The van der Waals surface area contributed by atoms with E-state index in [-0.39, 0.29) is 30.1 Å². The van der Waals surface area contributed by atoms with Crippen LogP contribution >= 0.6 is 8.46 Å². The standard InChI is InChI=1S/C36H52N3O7P/c1-8-16-31(10-3)45-36(29-20-15-21-30(24-29)39(41)42)33(35(40)44-23-22-37(7)25-28-18-13-12-14-19-28)26(5)38(27(6)34(36)47-43)46-32(11-4)17-9-2/h12-15,18-21,24,31-32H,8-11,16-17,22-23,25,47H2,1-7H3. The van der Waals surface area contributed by atoms with Crippen LogP contribution in [0, 0.1) is 10.1 Å². The van der Waals surface area contributed by atoms with Crippen LogP contribution in [0.3, 0.4) is 0 Å². The summed E-state index contributed by atoms with van der Waals surface area (Å²) >= 11 is 0. The molecule has 2 aromatic rings. The van der Waals surface area contributed by atoms with Gasteiger partial charge in [0.2, 0.25) is 0 Å². The lowest BCUT2D eigenvalue weighted by Crippen LogP contribution is -2.47. The SMILES string of the molecule is CCCC(CC)ON1C(C)=C([PH2]=O)C(OC(CC)CCC)(c2cccc([N+](=O)[O-])c2)C(C(=O)OCCN(C)Cc2ccccc2)=C1C. The van der Waals surface area contributed by atoms with Crippen molar-refractivity contribution < 1.29 is 28.6 Å². The Balaban J connectivity index is 2.20.